The number of rotatable bonds is 7. The lowest BCUT2D eigenvalue weighted by molar-refractivity contribution is 0.0175. The lowest BCUT2D eigenvalue weighted by atomic mass is 9.89. The van der Waals surface area contributed by atoms with E-state index < -0.39 is 0 Å². The van der Waals surface area contributed by atoms with Gasteiger partial charge >= 0.3 is 0 Å². The van der Waals surface area contributed by atoms with Crippen LogP contribution in [0.3, 0.4) is 0 Å². The number of hydrogen-bond acceptors (Lipinski definition) is 3. The van der Waals surface area contributed by atoms with E-state index in [0.29, 0.717) is 18.8 Å². The van der Waals surface area contributed by atoms with Gasteiger partial charge in [-0.15, -0.1) is 0 Å². The van der Waals surface area contributed by atoms with Crippen molar-refractivity contribution in [1.29, 1.82) is 0 Å². The molecule has 1 aliphatic carbocycles. The minimum absolute atomic E-state index is 0.329. The molecule has 0 aliphatic heterocycles. The van der Waals surface area contributed by atoms with Gasteiger partial charge in [0.05, 0.1) is 6.10 Å². The first kappa shape index (κ1) is 11.0. The van der Waals surface area contributed by atoms with Crippen LogP contribution in [0.2, 0.25) is 0 Å². The first-order valence-corrected chi connectivity index (χ1v) is 5.24. The third-order valence-electron chi connectivity index (χ3n) is 2.70. The van der Waals surface area contributed by atoms with Crippen molar-refractivity contribution < 1.29 is 9.84 Å². The first-order chi connectivity index (χ1) is 6.36. The van der Waals surface area contributed by atoms with Gasteiger partial charge in [0.15, 0.2) is 0 Å². The molecule has 0 atom stereocenters. The molecular weight excluding hydrogens is 166 g/mol. The van der Waals surface area contributed by atoms with Crippen LogP contribution < -0.4 is 5.32 Å². The summed E-state index contributed by atoms with van der Waals surface area (Å²) in [5.74, 6) is 0. The fraction of sp³-hybridized carbons (Fsp3) is 1.00. The summed E-state index contributed by atoms with van der Waals surface area (Å²) in [6, 6.07) is 0.680. The van der Waals surface area contributed by atoms with Gasteiger partial charge in [-0.1, -0.05) is 0 Å². The van der Waals surface area contributed by atoms with Gasteiger partial charge in [-0.2, -0.15) is 0 Å². The van der Waals surface area contributed by atoms with Crippen LogP contribution in [0.4, 0.5) is 0 Å². The summed E-state index contributed by atoms with van der Waals surface area (Å²) < 4.78 is 5.19. The van der Waals surface area contributed by atoms with Crippen molar-refractivity contribution in [3.63, 3.8) is 0 Å². The van der Waals surface area contributed by atoms with E-state index >= 15 is 0 Å². The molecule has 0 bridgehead atoms. The van der Waals surface area contributed by atoms with E-state index in [0.717, 1.165) is 32.2 Å². The van der Waals surface area contributed by atoms with Crippen LogP contribution in [0.25, 0.3) is 0 Å². The zero-order valence-corrected chi connectivity index (χ0v) is 8.46. The lowest BCUT2D eigenvalue weighted by Gasteiger charge is -2.34. The van der Waals surface area contributed by atoms with Crippen molar-refractivity contribution >= 4 is 0 Å². The molecule has 0 radical (unpaired) electrons. The Morgan fingerprint density at radius 2 is 2.08 bits per heavy atom. The monoisotopic (exact) mass is 187 g/mol. The topological polar surface area (TPSA) is 41.5 Å². The number of nitrogens with one attached hydrogen (secondary N) is 1. The van der Waals surface area contributed by atoms with E-state index in [-0.39, 0.29) is 0 Å². The Morgan fingerprint density at radius 1 is 1.31 bits per heavy atom. The predicted molar refractivity (Wildman–Crippen MR) is 52.8 cm³/mol. The lowest BCUT2D eigenvalue weighted by Crippen LogP contribution is -2.45. The molecule has 0 saturated heterocycles. The van der Waals surface area contributed by atoms with Gasteiger partial charge in [-0.05, 0) is 38.6 Å². The second kappa shape index (κ2) is 6.35. The third-order valence-corrected chi connectivity index (χ3v) is 2.70. The molecule has 13 heavy (non-hydrogen) atoms. The molecule has 0 aromatic heterocycles. The van der Waals surface area contributed by atoms with Crippen LogP contribution in [-0.2, 0) is 4.74 Å². The minimum Gasteiger partial charge on any atom is -0.396 e. The molecule has 1 rings (SSSR count). The van der Waals surface area contributed by atoms with E-state index in [1.165, 1.54) is 6.42 Å². The number of methoxy groups -OCH3 is 1. The summed E-state index contributed by atoms with van der Waals surface area (Å²) in [6.45, 7) is 1.41. The summed E-state index contributed by atoms with van der Waals surface area (Å²) in [5, 5.41) is 12.0. The van der Waals surface area contributed by atoms with Crippen molar-refractivity contribution in [3.8, 4) is 0 Å². The van der Waals surface area contributed by atoms with Crippen molar-refractivity contribution in [2.24, 2.45) is 0 Å². The van der Waals surface area contributed by atoms with Crippen LogP contribution in [0.15, 0.2) is 0 Å². The number of hydrogen-bond donors (Lipinski definition) is 2. The molecule has 1 aliphatic rings. The zero-order chi connectivity index (χ0) is 9.52. The van der Waals surface area contributed by atoms with Gasteiger partial charge in [-0.3, -0.25) is 0 Å². The molecule has 0 spiro atoms. The second-order valence-corrected chi connectivity index (χ2v) is 3.76. The SMILES string of the molecule is COC1CC(NCCCCCO)C1. The van der Waals surface area contributed by atoms with Crippen molar-refractivity contribution in [1.82, 2.24) is 5.32 Å². The first-order valence-electron chi connectivity index (χ1n) is 5.24. The Balaban J connectivity index is 1.80. The van der Waals surface area contributed by atoms with Crippen LogP contribution in [0.1, 0.15) is 32.1 Å². The fourth-order valence-electron chi connectivity index (χ4n) is 1.64. The maximum Gasteiger partial charge on any atom is 0.0601 e. The second-order valence-electron chi connectivity index (χ2n) is 3.76. The van der Waals surface area contributed by atoms with Crippen LogP contribution in [-0.4, -0.2) is 37.5 Å². The number of ether oxygens (including phenoxy) is 1. The summed E-state index contributed by atoms with van der Waals surface area (Å²) in [5.41, 5.74) is 0. The van der Waals surface area contributed by atoms with Crippen molar-refractivity contribution in [2.45, 2.75) is 44.2 Å². The number of aliphatic hydroxyl groups is 1. The summed E-state index contributed by atoms with van der Waals surface area (Å²) in [4.78, 5) is 0. The highest BCUT2D eigenvalue weighted by molar-refractivity contribution is 4.85. The zero-order valence-electron chi connectivity index (χ0n) is 8.46. The van der Waals surface area contributed by atoms with Gasteiger partial charge < -0.3 is 15.2 Å². The Kier molecular flexibility index (Phi) is 5.35. The Hall–Kier alpha value is -0.120. The minimum atomic E-state index is 0.329. The quantitative estimate of drug-likeness (QED) is 0.582. The molecule has 3 nitrogen and oxygen atoms in total. The van der Waals surface area contributed by atoms with E-state index in [9.17, 15) is 0 Å². The van der Waals surface area contributed by atoms with E-state index in [2.05, 4.69) is 5.32 Å². The summed E-state index contributed by atoms with van der Waals surface area (Å²) in [7, 11) is 1.78. The molecule has 78 valence electrons. The number of unbranched alkanes of at least 4 members (excludes halogenated alkanes) is 2. The number of aliphatic hydroxyl groups excluding tert-OH is 1. The Labute approximate surface area is 80.5 Å². The van der Waals surface area contributed by atoms with Crippen molar-refractivity contribution in [3.05, 3.63) is 0 Å². The van der Waals surface area contributed by atoms with Crippen LogP contribution >= 0.6 is 0 Å². The molecule has 1 saturated carbocycles. The maximum atomic E-state index is 8.56. The molecule has 0 amide bonds. The average Bonchev–Trinajstić information content (AvgIpc) is 2.08. The predicted octanol–water partition coefficient (Wildman–Crippen LogP) is 0.916. The summed E-state index contributed by atoms with van der Waals surface area (Å²) >= 11 is 0. The highest BCUT2D eigenvalue weighted by Crippen LogP contribution is 2.22. The van der Waals surface area contributed by atoms with E-state index in [4.69, 9.17) is 9.84 Å². The van der Waals surface area contributed by atoms with Gasteiger partial charge in [0.1, 0.15) is 0 Å². The average molecular weight is 187 g/mol. The van der Waals surface area contributed by atoms with Crippen LogP contribution in [0.5, 0.6) is 0 Å². The molecule has 2 N–H and O–H groups in total. The van der Waals surface area contributed by atoms with Crippen molar-refractivity contribution in [2.75, 3.05) is 20.3 Å². The highest BCUT2D eigenvalue weighted by atomic mass is 16.5. The molecular formula is C10H21NO2. The van der Waals surface area contributed by atoms with Crippen LogP contribution in [0, 0.1) is 0 Å². The summed E-state index contributed by atoms with van der Waals surface area (Å²) in [6.07, 6.45) is 6.06. The van der Waals surface area contributed by atoms with Gasteiger partial charge in [0, 0.05) is 19.8 Å². The molecule has 0 heterocycles. The highest BCUT2D eigenvalue weighted by Gasteiger charge is 2.27. The smallest absolute Gasteiger partial charge is 0.0601 e. The normalized spacial score (nSPS) is 27.2. The van der Waals surface area contributed by atoms with Gasteiger partial charge in [0.2, 0.25) is 0 Å². The Bertz CT molecular complexity index is 124. The Morgan fingerprint density at radius 3 is 2.69 bits per heavy atom. The largest absolute Gasteiger partial charge is 0.396 e. The molecule has 0 aromatic rings. The molecule has 3 heteroatoms. The van der Waals surface area contributed by atoms with E-state index in [1.807, 2.05) is 0 Å². The van der Waals surface area contributed by atoms with E-state index in [1.54, 1.807) is 7.11 Å². The fourth-order valence-corrected chi connectivity index (χ4v) is 1.64. The molecule has 0 aromatic carbocycles. The third kappa shape index (κ3) is 4.07. The molecule has 0 unspecified atom stereocenters. The van der Waals surface area contributed by atoms with Gasteiger partial charge in [0.25, 0.3) is 0 Å². The van der Waals surface area contributed by atoms with Gasteiger partial charge in [-0.25, -0.2) is 0 Å². The maximum absolute atomic E-state index is 8.56. The standard InChI is InChI=1S/C10H21NO2/c1-13-10-7-9(8-10)11-5-3-2-4-6-12/h9-12H,2-8H2,1H3. The molecule has 1 fully saturated rings.